The lowest BCUT2D eigenvalue weighted by atomic mass is 10.1. The summed E-state index contributed by atoms with van der Waals surface area (Å²) in [6.07, 6.45) is -0.0843. The van der Waals surface area contributed by atoms with Crippen molar-refractivity contribution in [1.29, 1.82) is 0 Å². The highest BCUT2D eigenvalue weighted by molar-refractivity contribution is 4.68. The predicted molar refractivity (Wildman–Crippen MR) is 31.8 cm³/mol. The van der Waals surface area contributed by atoms with Crippen LogP contribution in [0.5, 0.6) is 0 Å². The summed E-state index contributed by atoms with van der Waals surface area (Å²) in [4.78, 5) is 0. The predicted octanol–water partition coefficient (Wildman–Crippen LogP) is -0.135. The van der Waals surface area contributed by atoms with Crippen LogP contribution in [0.2, 0.25) is 0 Å². The molecule has 0 aromatic heterocycles. The van der Waals surface area contributed by atoms with E-state index in [0.29, 0.717) is 6.42 Å². The molecular formula is C6H12O3. The summed E-state index contributed by atoms with van der Waals surface area (Å²) in [7, 11) is 0. The van der Waals surface area contributed by atoms with Gasteiger partial charge < -0.3 is 14.9 Å². The minimum Gasteiger partial charge on any atom is -0.388 e. The van der Waals surface area contributed by atoms with Crippen molar-refractivity contribution in [1.82, 2.24) is 0 Å². The molecule has 1 saturated heterocycles. The molecule has 0 spiro atoms. The SMILES string of the molecule is C[C@H]1CC[C@H](O)[C@H](O)O1. The molecule has 1 aliphatic heterocycles. The van der Waals surface area contributed by atoms with E-state index in [0.717, 1.165) is 6.42 Å². The first-order valence-electron chi connectivity index (χ1n) is 3.21. The quantitative estimate of drug-likeness (QED) is 0.482. The van der Waals surface area contributed by atoms with Crippen LogP contribution in [0.1, 0.15) is 19.8 Å². The Hall–Kier alpha value is -0.120. The molecule has 0 aromatic rings. The summed E-state index contributed by atoms with van der Waals surface area (Å²) in [5.74, 6) is 0. The summed E-state index contributed by atoms with van der Waals surface area (Å²) in [5, 5.41) is 17.8. The molecule has 2 N–H and O–H groups in total. The summed E-state index contributed by atoms with van der Waals surface area (Å²) >= 11 is 0. The third kappa shape index (κ3) is 1.64. The van der Waals surface area contributed by atoms with Gasteiger partial charge in [-0.1, -0.05) is 0 Å². The Morgan fingerprint density at radius 1 is 1.33 bits per heavy atom. The van der Waals surface area contributed by atoms with Gasteiger partial charge >= 0.3 is 0 Å². The van der Waals surface area contributed by atoms with Gasteiger partial charge in [0.2, 0.25) is 0 Å². The fourth-order valence-corrected chi connectivity index (χ4v) is 0.945. The zero-order valence-corrected chi connectivity index (χ0v) is 5.45. The molecule has 3 heteroatoms. The lowest BCUT2D eigenvalue weighted by molar-refractivity contribution is -0.210. The van der Waals surface area contributed by atoms with Crippen LogP contribution in [-0.4, -0.2) is 28.7 Å². The van der Waals surface area contributed by atoms with E-state index in [4.69, 9.17) is 14.9 Å². The lowest BCUT2D eigenvalue weighted by Crippen LogP contribution is -2.37. The van der Waals surface area contributed by atoms with Crippen LogP contribution in [0.15, 0.2) is 0 Å². The average Bonchev–Trinajstić information content (AvgIpc) is 1.80. The third-order valence-electron chi connectivity index (χ3n) is 1.57. The Morgan fingerprint density at radius 3 is 2.44 bits per heavy atom. The van der Waals surface area contributed by atoms with E-state index in [9.17, 15) is 0 Å². The monoisotopic (exact) mass is 132 g/mol. The van der Waals surface area contributed by atoms with E-state index in [1.165, 1.54) is 0 Å². The average molecular weight is 132 g/mol. The third-order valence-corrected chi connectivity index (χ3v) is 1.57. The van der Waals surface area contributed by atoms with Crippen molar-refractivity contribution in [2.75, 3.05) is 0 Å². The zero-order chi connectivity index (χ0) is 6.85. The number of hydrogen-bond acceptors (Lipinski definition) is 3. The first-order valence-corrected chi connectivity index (χ1v) is 3.21. The van der Waals surface area contributed by atoms with Crippen LogP contribution in [0.3, 0.4) is 0 Å². The lowest BCUT2D eigenvalue weighted by Gasteiger charge is -2.28. The molecule has 1 rings (SSSR count). The molecule has 0 radical (unpaired) electrons. The van der Waals surface area contributed by atoms with Crippen LogP contribution in [0, 0.1) is 0 Å². The fourth-order valence-electron chi connectivity index (χ4n) is 0.945. The van der Waals surface area contributed by atoms with Crippen molar-refractivity contribution in [3.05, 3.63) is 0 Å². The molecule has 3 nitrogen and oxygen atoms in total. The van der Waals surface area contributed by atoms with Crippen LogP contribution >= 0.6 is 0 Å². The van der Waals surface area contributed by atoms with Crippen LogP contribution in [0.4, 0.5) is 0 Å². The van der Waals surface area contributed by atoms with E-state index in [1.54, 1.807) is 0 Å². The van der Waals surface area contributed by atoms with Gasteiger partial charge in [0, 0.05) is 0 Å². The Morgan fingerprint density at radius 2 is 2.00 bits per heavy atom. The molecule has 0 bridgehead atoms. The first kappa shape index (κ1) is 6.99. The Balaban J connectivity index is 2.35. The summed E-state index contributed by atoms with van der Waals surface area (Å²) in [6.45, 7) is 1.88. The van der Waals surface area contributed by atoms with E-state index < -0.39 is 12.4 Å². The molecule has 9 heavy (non-hydrogen) atoms. The zero-order valence-electron chi connectivity index (χ0n) is 5.45. The maximum absolute atomic E-state index is 8.92. The number of ether oxygens (including phenoxy) is 1. The highest BCUT2D eigenvalue weighted by Crippen LogP contribution is 2.16. The maximum Gasteiger partial charge on any atom is 0.181 e. The molecule has 0 saturated carbocycles. The van der Waals surface area contributed by atoms with Crippen molar-refractivity contribution in [3.8, 4) is 0 Å². The molecule has 0 aromatic carbocycles. The largest absolute Gasteiger partial charge is 0.388 e. The van der Waals surface area contributed by atoms with Crippen molar-refractivity contribution in [2.45, 2.75) is 38.3 Å². The van der Waals surface area contributed by atoms with Crippen molar-refractivity contribution < 1.29 is 14.9 Å². The molecule has 0 aliphatic carbocycles. The van der Waals surface area contributed by atoms with Crippen molar-refractivity contribution in [2.24, 2.45) is 0 Å². The van der Waals surface area contributed by atoms with E-state index in [2.05, 4.69) is 0 Å². The fraction of sp³-hybridized carbons (Fsp3) is 1.00. The van der Waals surface area contributed by atoms with Gasteiger partial charge in [0.05, 0.1) is 6.10 Å². The topological polar surface area (TPSA) is 49.7 Å². The number of rotatable bonds is 0. The van der Waals surface area contributed by atoms with Gasteiger partial charge in [-0.25, -0.2) is 0 Å². The number of aliphatic hydroxyl groups is 2. The standard InChI is InChI=1S/C6H12O3/c1-4-2-3-5(7)6(8)9-4/h4-8H,2-3H2,1H3/t4-,5-,6+/m0/s1. The molecule has 0 amide bonds. The van der Waals surface area contributed by atoms with Gasteiger partial charge in [-0.2, -0.15) is 0 Å². The molecule has 0 unspecified atom stereocenters. The van der Waals surface area contributed by atoms with Crippen LogP contribution in [0.25, 0.3) is 0 Å². The van der Waals surface area contributed by atoms with E-state index in [1.807, 2.05) is 6.92 Å². The van der Waals surface area contributed by atoms with Gasteiger partial charge in [-0.15, -0.1) is 0 Å². The molecule has 1 fully saturated rings. The smallest absolute Gasteiger partial charge is 0.181 e. The van der Waals surface area contributed by atoms with Gasteiger partial charge in [0.25, 0.3) is 0 Å². The molecule has 1 heterocycles. The molecule has 3 atom stereocenters. The Bertz CT molecular complexity index is 94.3. The van der Waals surface area contributed by atoms with Gasteiger partial charge in [-0.05, 0) is 19.8 Å². The minimum absolute atomic E-state index is 0.0865. The van der Waals surface area contributed by atoms with Crippen molar-refractivity contribution in [3.63, 3.8) is 0 Å². The molecule has 1 aliphatic rings. The summed E-state index contributed by atoms with van der Waals surface area (Å²) in [5.41, 5.74) is 0. The second kappa shape index (κ2) is 2.64. The normalized spacial score (nSPS) is 45.0. The van der Waals surface area contributed by atoms with E-state index in [-0.39, 0.29) is 6.10 Å². The summed E-state index contributed by atoms with van der Waals surface area (Å²) in [6, 6.07) is 0. The molecular weight excluding hydrogens is 120 g/mol. The minimum atomic E-state index is -0.964. The number of aliphatic hydroxyl groups excluding tert-OH is 2. The summed E-state index contributed by atoms with van der Waals surface area (Å²) < 4.78 is 4.90. The highest BCUT2D eigenvalue weighted by Gasteiger charge is 2.24. The molecule has 54 valence electrons. The van der Waals surface area contributed by atoms with Gasteiger partial charge in [0.1, 0.15) is 6.10 Å². The van der Waals surface area contributed by atoms with Gasteiger partial charge in [-0.3, -0.25) is 0 Å². The maximum atomic E-state index is 8.92. The Kier molecular flexibility index (Phi) is 2.05. The van der Waals surface area contributed by atoms with Crippen molar-refractivity contribution >= 4 is 0 Å². The highest BCUT2D eigenvalue weighted by atomic mass is 16.6. The second-order valence-corrected chi connectivity index (χ2v) is 2.48. The van der Waals surface area contributed by atoms with Crippen LogP contribution in [-0.2, 0) is 4.74 Å². The number of hydrogen-bond donors (Lipinski definition) is 2. The van der Waals surface area contributed by atoms with E-state index >= 15 is 0 Å². The first-order chi connectivity index (χ1) is 4.20. The van der Waals surface area contributed by atoms with Crippen LogP contribution < -0.4 is 0 Å². The Labute approximate surface area is 54.3 Å². The van der Waals surface area contributed by atoms with Gasteiger partial charge in [0.15, 0.2) is 6.29 Å². The second-order valence-electron chi connectivity index (χ2n) is 2.48.